The van der Waals surface area contributed by atoms with Gasteiger partial charge in [-0.3, -0.25) is 4.79 Å². The Kier molecular flexibility index (Phi) is 2.86. The molecule has 0 aromatic heterocycles. The zero-order valence-electron chi connectivity index (χ0n) is 8.50. The van der Waals surface area contributed by atoms with Crippen molar-refractivity contribution in [2.45, 2.75) is 32.6 Å². The smallest absolute Gasteiger partial charge is 0.150 e. The van der Waals surface area contributed by atoms with Crippen LogP contribution >= 0.6 is 0 Å². The van der Waals surface area contributed by atoms with Crippen molar-refractivity contribution in [2.24, 2.45) is 0 Å². The van der Waals surface area contributed by atoms with Crippen molar-refractivity contribution in [3.63, 3.8) is 0 Å². The van der Waals surface area contributed by atoms with Gasteiger partial charge >= 0.3 is 0 Å². The van der Waals surface area contributed by atoms with E-state index in [4.69, 9.17) is 0 Å². The summed E-state index contributed by atoms with van der Waals surface area (Å²) in [6, 6.07) is 7.83. The van der Waals surface area contributed by atoms with E-state index in [1.807, 2.05) is 18.2 Å². The summed E-state index contributed by atoms with van der Waals surface area (Å²) >= 11 is 0. The van der Waals surface area contributed by atoms with Gasteiger partial charge in [-0.05, 0) is 23.5 Å². The maximum atomic E-state index is 10.6. The highest BCUT2D eigenvalue weighted by Crippen LogP contribution is 2.26. The number of rotatable bonds is 3. The summed E-state index contributed by atoms with van der Waals surface area (Å²) in [5.41, 5.74) is 2.16. The molecule has 0 aliphatic heterocycles. The van der Waals surface area contributed by atoms with Gasteiger partial charge in [0, 0.05) is 5.56 Å². The monoisotopic (exact) mass is 176 g/mol. The van der Waals surface area contributed by atoms with Gasteiger partial charge in [0.05, 0.1) is 0 Å². The Labute approximate surface area is 79.8 Å². The lowest BCUT2D eigenvalue weighted by Gasteiger charge is -2.23. The summed E-state index contributed by atoms with van der Waals surface area (Å²) in [7, 11) is 0. The predicted octanol–water partition coefficient (Wildman–Crippen LogP) is 3.19. The lowest BCUT2D eigenvalue weighted by atomic mass is 9.82. The molecular formula is C12H16O. The molecule has 0 atom stereocenters. The summed E-state index contributed by atoms with van der Waals surface area (Å²) < 4.78 is 0. The Hall–Kier alpha value is -1.11. The Morgan fingerprint density at radius 2 is 2.08 bits per heavy atom. The molecular weight excluding hydrogens is 160 g/mol. The molecule has 0 saturated carbocycles. The molecule has 0 bridgehead atoms. The quantitative estimate of drug-likeness (QED) is 0.646. The van der Waals surface area contributed by atoms with Crippen LogP contribution in [0, 0.1) is 0 Å². The molecule has 0 aliphatic rings. The Morgan fingerprint density at radius 3 is 2.62 bits per heavy atom. The third kappa shape index (κ3) is 2.18. The molecule has 0 aliphatic carbocycles. The van der Waals surface area contributed by atoms with E-state index in [1.54, 1.807) is 0 Å². The van der Waals surface area contributed by atoms with Crippen LogP contribution in [0.15, 0.2) is 24.3 Å². The summed E-state index contributed by atoms with van der Waals surface area (Å²) in [4.78, 5) is 10.6. The maximum absolute atomic E-state index is 10.6. The predicted molar refractivity (Wildman–Crippen MR) is 55.1 cm³/mol. The highest BCUT2D eigenvalue weighted by molar-refractivity contribution is 5.75. The standard InChI is InChI=1S/C12H16O/c1-4-12(2,3)11-7-5-6-10(8-11)9-13/h5-9H,4H2,1-3H3. The van der Waals surface area contributed by atoms with Crippen molar-refractivity contribution in [1.82, 2.24) is 0 Å². The van der Waals surface area contributed by atoms with Crippen LogP contribution in [-0.2, 0) is 5.41 Å². The number of carbonyl (C=O) groups excluding carboxylic acids is 1. The number of aldehydes is 1. The average Bonchev–Trinajstić information content (AvgIpc) is 2.18. The van der Waals surface area contributed by atoms with Crippen molar-refractivity contribution in [2.75, 3.05) is 0 Å². The van der Waals surface area contributed by atoms with Crippen LogP contribution < -0.4 is 0 Å². The minimum atomic E-state index is 0.166. The van der Waals surface area contributed by atoms with E-state index in [1.165, 1.54) is 5.56 Å². The second-order valence-corrected chi connectivity index (χ2v) is 3.98. The van der Waals surface area contributed by atoms with Crippen molar-refractivity contribution in [3.05, 3.63) is 35.4 Å². The van der Waals surface area contributed by atoms with Crippen LogP contribution in [0.3, 0.4) is 0 Å². The topological polar surface area (TPSA) is 17.1 Å². The number of hydrogen-bond donors (Lipinski definition) is 0. The van der Waals surface area contributed by atoms with E-state index >= 15 is 0 Å². The number of carbonyl (C=O) groups is 1. The van der Waals surface area contributed by atoms with Gasteiger partial charge in [0.1, 0.15) is 6.29 Å². The number of hydrogen-bond acceptors (Lipinski definition) is 1. The van der Waals surface area contributed by atoms with Gasteiger partial charge in [0.15, 0.2) is 0 Å². The molecule has 1 nitrogen and oxygen atoms in total. The zero-order valence-corrected chi connectivity index (χ0v) is 8.50. The second kappa shape index (κ2) is 3.73. The summed E-state index contributed by atoms with van der Waals surface area (Å²) in [5, 5.41) is 0. The normalized spacial score (nSPS) is 11.3. The lowest BCUT2D eigenvalue weighted by Crippen LogP contribution is -2.15. The molecule has 0 N–H and O–H groups in total. The molecule has 70 valence electrons. The van der Waals surface area contributed by atoms with Crippen LogP contribution in [0.2, 0.25) is 0 Å². The molecule has 1 aromatic rings. The van der Waals surface area contributed by atoms with Gasteiger partial charge in [-0.1, -0.05) is 39.0 Å². The maximum Gasteiger partial charge on any atom is 0.150 e. The van der Waals surface area contributed by atoms with E-state index < -0.39 is 0 Å². The molecule has 0 spiro atoms. The summed E-state index contributed by atoms with van der Waals surface area (Å²) in [5.74, 6) is 0. The first-order chi connectivity index (χ1) is 6.10. The second-order valence-electron chi connectivity index (χ2n) is 3.98. The molecule has 0 radical (unpaired) electrons. The van der Waals surface area contributed by atoms with Gasteiger partial charge in [-0.15, -0.1) is 0 Å². The van der Waals surface area contributed by atoms with Gasteiger partial charge in [0.2, 0.25) is 0 Å². The number of benzene rings is 1. The van der Waals surface area contributed by atoms with Crippen LogP contribution in [0.1, 0.15) is 43.1 Å². The molecule has 1 heteroatoms. The first kappa shape index (κ1) is 9.97. The summed E-state index contributed by atoms with van der Waals surface area (Å²) in [6.45, 7) is 6.54. The molecule has 0 fully saturated rings. The highest BCUT2D eigenvalue weighted by atomic mass is 16.1. The van der Waals surface area contributed by atoms with Crippen molar-refractivity contribution in [3.8, 4) is 0 Å². The highest BCUT2D eigenvalue weighted by Gasteiger charge is 2.17. The molecule has 0 amide bonds. The van der Waals surface area contributed by atoms with E-state index in [0.29, 0.717) is 0 Å². The Balaban J connectivity index is 3.08. The Morgan fingerprint density at radius 1 is 1.38 bits per heavy atom. The fourth-order valence-corrected chi connectivity index (χ4v) is 1.24. The van der Waals surface area contributed by atoms with Crippen molar-refractivity contribution >= 4 is 6.29 Å². The van der Waals surface area contributed by atoms with E-state index in [-0.39, 0.29) is 5.41 Å². The first-order valence-electron chi connectivity index (χ1n) is 4.66. The Bertz CT molecular complexity index is 300. The van der Waals surface area contributed by atoms with Gasteiger partial charge in [-0.2, -0.15) is 0 Å². The van der Waals surface area contributed by atoms with Crippen LogP contribution in [0.4, 0.5) is 0 Å². The fourth-order valence-electron chi connectivity index (χ4n) is 1.24. The van der Waals surface area contributed by atoms with E-state index in [2.05, 4.69) is 26.8 Å². The van der Waals surface area contributed by atoms with E-state index in [9.17, 15) is 4.79 Å². The van der Waals surface area contributed by atoms with Crippen LogP contribution in [-0.4, -0.2) is 6.29 Å². The molecule has 0 heterocycles. The molecule has 1 rings (SSSR count). The minimum absolute atomic E-state index is 0.166. The van der Waals surface area contributed by atoms with Crippen LogP contribution in [0.5, 0.6) is 0 Å². The van der Waals surface area contributed by atoms with Crippen molar-refractivity contribution in [1.29, 1.82) is 0 Å². The van der Waals surface area contributed by atoms with Gasteiger partial charge in [-0.25, -0.2) is 0 Å². The first-order valence-corrected chi connectivity index (χ1v) is 4.66. The molecule has 13 heavy (non-hydrogen) atoms. The third-order valence-corrected chi connectivity index (χ3v) is 2.69. The minimum Gasteiger partial charge on any atom is -0.298 e. The van der Waals surface area contributed by atoms with Gasteiger partial charge < -0.3 is 0 Å². The average molecular weight is 176 g/mol. The molecule has 0 saturated heterocycles. The fraction of sp³-hybridized carbons (Fsp3) is 0.417. The third-order valence-electron chi connectivity index (χ3n) is 2.69. The SMILES string of the molecule is CCC(C)(C)c1cccc(C=O)c1. The van der Waals surface area contributed by atoms with Crippen molar-refractivity contribution < 1.29 is 4.79 Å². The molecule has 1 aromatic carbocycles. The molecule has 0 unspecified atom stereocenters. The van der Waals surface area contributed by atoms with Crippen LogP contribution in [0.25, 0.3) is 0 Å². The zero-order chi connectivity index (χ0) is 9.90. The largest absolute Gasteiger partial charge is 0.298 e. The lowest BCUT2D eigenvalue weighted by molar-refractivity contribution is 0.112. The van der Waals surface area contributed by atoms with Gasteiger partial charge in [0.25, 0.3) is 0 Å². The summed E-state index contributed by atoms with van der Waals surface area (Å²) in [6.07, 6.45) is 1.98. The van der Waals surface area contributed by atoms with E-state index in [0.717, 1.165) is 18.3 Å².